The van der Waals surface area contributed by atoms with Crippen molar-refractivity contribution in [3.8, 4) is 0 Å². The molecule has 45 heavy (non-hydrogen) atoms. The van der Waals surface area contributed by atoms with Crippen molar-refractivity contribution in [1.29, 1.82) is 0 Å². The smallest absolute Gasteiger partial charge is 0.264 e. The summed E-state index contributed by atoms with van der Waals surface area (Å²) in [6.07, 6.45) is 4.11. The van der Waals surface area contributed by atoms with Crippen LogP contribution in [0.5, 0.6) is 0 Å². The number of nitrogens with zero attached hydrogens (tertiary/aromatic N) is 2. The summed E-state index contributed by atoms with van der Waals surface area (Å²) in [6.45, 7) is -0.455. The molecule has 7 nitrogen and oxygen atoms in total. The number of anilines is 1. The van der Waals surface area contributed by atoms with Crippen molar-refractivity contribution in [2.24, 2.45) is 0 Å². The van der Waals surface area contributed by atoms with Crippen molar-refractivity contribution in [2.45, 2.75) is 55.6 Å². The van der Waals surface area contributed by atoms with E-state index in [1.165, 1.54) is 17.0 Å². The molecular formula is C35H35BrClN3O4S. The molecule has 4 aromatic rings. The van der Waals surface area contributed by atoms with Crippen LogP contribution in [0.2, 0.25) is 5.02 Å². The molecule has 0 aliphatic heterocycles. The first-order chi connectivity index (χ1) is 21.7. The number of hydrogen-bond donors (Lipinski definition) is 1. The van der Waals surface area contributed by atoms with Crippen LogP contribution >= 0.6 is 27.5 Å². The zero-order valence-corrected chi connectivity index (χ0v) is 27.8. The van der Waals surface area contributed by atoms with Crippen LogP contribution in [0.1, 0.15) is 36.8 Å². The number of sulfonamides is 1. The van der Waals surface area contributed by atoms with Crippen LogP contribution in [0.3, 0.4) is 0 Å². The van der Waals surface area contributed by atoms with Crippen LogP contribution in [0.15, 0.2) is 119 Å². The van der Waals surface area contributed by atoms with Gasteiger partial charge in [-0.15, -0.1) is 0 Å². The van der Waals surface area contributed by atoms with Gasteiger partial charge in [0.05, 0.1) is 10.6 Å². The Morgan fingerprint density at radius 3 is 2.16 bits per heavy atom. The Labute approximate surface area is 278 Å². The molecule has 0 saturated heterocycles. The molecule has 2 amide bonds. The predicted molar refractivity (Wildman–Crippen MR) is 181 cm³/mol. The largest absolute Gasteiger partial charge is 0.352 e. The molecule has 0 heterocycles. The third-order valence-electron chi connectivity index (χ3n) is 7.92. The van der Waals surface area contributed by atoms with Gasteiger partial charge < -0.3 is 10.2 Å². The average molecular weight is 709 g/mol. The molecule has 4 aromatic carbocycles. The molecule has 1 N–H and O–H groups in total. The normalized spacial score (nSPS) is 14.1. The van der Waals surface area contributed by atoms with Gasteiger partial charge in [0.25, 0.3) is 10.0 Å². The van der Waals surface area contributed by atoms with E-state index in [2.05, 4.69) is 21.2 Å². The molecular weight excluding hydrogens is 674 g/mol. The van der Waals surface area contributed by atoms with E-state index < -0.39 is 28.5 Å². The van der Waals surface area contributed by atoms with E-state index in [-0.39, 0.29) is 29.8 Å². The minimum absolute atomic E-state index is 0.0375. The first-order valence-corrected chi connectivity index (χ1v) is 17.5. The van der Waals surface area contributed by atoms with Gasteiger partial charge in [-0.1, -0.05) is 107 Å². The Morgan fingerprint density at radius 1 is 0.844 bits per heavy atom. The topological polar surface area (TPSA) is 86.8 Å². The molecule has 10 heteroatoms. The summed E-state index contributed by atoms with van der Waals surface area (Å²) in [5.74, 6) is -0.780. The molecule has 5 rings (SSSR count). The quantitative estimate of drug-likeness (QED) is 0.172. The van der Waals surface area contributed by atoms with Crippen molar-refractivity contribution >= 4 is 55.1 Å². The van der Waals surface area contributed by atoms with E-state index in [4.69, 9.17) is 11.6 Å². The van der Waals surface area contributed by atoms with Gasteiger partial charge in [0, 0.05) is 28.5 Å². The number of rotatable bonds is 12. The van der Waals surface area contributed by atoms with E-state index in [0.717, 1.165) is 41.1 Å². The van der Waals surface area contributed by atoms with Gasteiger partial charge >= 0.3 is 0 Å². The van der Waals surface area contributed by atoms with Gasteiger partial charge in [-0.3, -0.25) is 13.9 Å². The molecule has 0 aromatic heterocycles. The maximum atomic E-state index is 14.5. The fourth-order valence-corrected chi connectivity index (χ4v) is 7.66. The van der Waals surface area contributed by atoms with Crippen molar-refractivity contribution in [3.63, 3.8) is 0 Å². The average Bonchev–Trinajstić information content (AvgIpc) is 3.55. The number of carbonyl (C=O) groups is 2. The first-order valence-electron chi connectivity index (χ1n) is 14.9. The summed E-state index contributed by atoms with van der Waals surface area (Å²) in [4.78, 5) is 30.2. The van der Waals surface area contributed by atoms with Crippen LogP contribution < -0.4 is 9.62 Å². The van der Waals surface area contributed by atoms with Gasteiger partial charge in [-0.2, -0.15) is 0 Å². The Kier molecular flexibility index (Phi) is 11.0. The molecule has 1 aliphatic rings. The monoisotopic (exact) mass is 707 g/mol. The van der Waals surface area contributed by atoms with E-state index in [9.17, 15) is 18.0 Å². The number of benzene rings is 4. The van der Waals surface area contributed by atoms with Gasteiger partial charge in [0.15, 0.2) is 0 Å². The second kappa shape index (κ2) is 15.1. The highest BCUT2D eigenvalue weighted by atomic mass is 79.9. The van der Waals surface area contributed by atoms with Crippen LogP contribution in [-0.4, -0.2) is 43.8 Å². The summed E-state index contributed by atoms with van der Waals surface area (Å²) in [5.41, 5.74) is 1.93. The Hall–Kier alpha value is -3.66. The Balaban J connectivity index is 1.56. The highest BCUT2D eigenvalue weighted by molar-refractivity contribution is 9.10. The number of carbonyl (C=O) groups excluding carboxylic acids is 2. The van der Waals surface area contributed by atoms with Crippen molar-refractivity contribution < 1.29 is 18.0 Å². The van der Waals surface area contributed by atoms with Gasteiger partial charge in [-0.25, -0.2) is 8.42 Å². The highest BCUT2D eigenvalue weighted by Gasteiger charge is 2.35. The molecule has 1 aliphatic carbocycles. The Morgan fingerprint density at radius 2 is 1.49 bits per heavy atom. The molecule has 1 unspecified atom stereocenters. The minimum atomic E-state index is -4.16. The summed E-state index contributed by atoms with van der Waals surface area (Å²) in [5, 5.41) is 3.68. The maximum absolute atomic E-state index is 14.5. The molecule has 0 radical (unpaired) electrons. The van der Waals surface area contributed by atoms with Crippen molar-refractivity contribution in [2.75, 3.05) is 10.8 Å². The Bertz CT molecular complexity index is 1720. The molecule has 0 spiro atoms. The lowest BCUT2D eigenvalue weighted by atomic mass is 10.0. The zero-order chi connectivity index (χ0) is 31.8. The van der Waals surface area contributed by atoms with E-state index in [1.807, 2.05) is 36.4 Å². The van der Waals surface area contributed by atoms with Crippen LogP contribution in [-0.2, 0) is 32.6 Å². The summed E-state index contributed by atoms with van der Waals surface area (Å²) in [7, 11) is -4.16. The molecule has 1 atom stereocenters. The standard InChI is InChI=1S/C35H35BrClN3O4S/c36-28-14-10-18-31(23-28)40(45(43,44)32-19-5-2-6-20-32)25-34(41)39(24-27-13-9-15-29(37)21-27)33(22-26-11-3-1-4-12-26)35(42)38-30-16-7-8-17-30/h1-6,9-15,18-21,23,30,33H,7-8,16-17,22,24-25H2,(H,38,42). The molecule has 1 saturated carbocycles. The number of halogens is 2. The van der Waals surface area contributed by atoms with Gasteiger partial charge in [0.1, 0.15) is 12.6 Å². The number of hydrogen-bond acceptors (Lipinski definition) is 4. The third kappa shape index (κ3) is 8.54. The molecule has 0 bridgehead atoms. The summed E-state index contributed by atoms with van der Waals surface area (Å²) < 4.78 is 29.9. The van der Waals surface area contributed by atoms with E-state index in [1.54, 1.807) is 60.7 Å². The highest BCUT2D eigenvalue weighted by Crippen LogP contribution is 2.28. The van der Waals surface area contributed by atoms with Gasteiger partial charge in [-0.05, 0) is 66.4 Å². The lowest BCUT2D eigenvalue weighted by Crippen LogP contribution is -2.54. The predicted octanol–water partition coefficient (Wildman–Crippen LogP) is 7.00. The van der Waals surface area contributed by atoms with Crippen LogP contribution in [0.25, 0.3) is 0 Å². The zero-order valence-electron chi connectivity index (χ0n) is 24.7. The fourth-order valence-electron chi connectivity index (χ4n) is 5.63. The van der Waals surface area contributed by atoms with Gasteiger partial charge in [0.2, 0.25) is 11.8 Å². The van der Waals surface area contributed by atoms with Crippen LogP contribution in [0, 0.1) is 0 Å². The number of nitrogens with one attached hydrogen (secondary N) is 1. The third-order valence-corrected chi connectivity index (χ3v) is 10.4. The van der Waals surface area contributed by atoms with E-state index in [0.29, 0.717) is 15.2 Å². The van der Waals surface area contributed by atoms with Crippen LogP contribution in [0.4, 0.5) is 5.69 Å². The fraction of sp³-hybridized carbons (Fsp3) is 0.257. The second-order valence-corrected chi connectivity index (χ2v) is 14.4. The molecule has 234 valence electrons. The minimum Gasteiger partial charge on any atom is -0.352 e. The lowest BCUT2D eigenvalue weighted by molar-refractivity contribution is -0.140. The maximum Gasteiger partial charge on any atom is 0.264 e. The first kappa shape index (κ1) is 32.7. The molecule has 1 fully saturated rings. The lowest BCUT2D eigenvalue weighted by Gasteiger charge is -2.34. The second-order valence-electron chi connectivity index (χ2n) is 11.2. The number of amides is 2. The van der Waals surface area contributed by atoms with E-state index >= 15 is 0 Å². The summed E-state index contributed by atoms with van der Waals surface area (Å²) in [6, 6.07) is 30.6. The SMILES string of the molecule is O=C(NC1CCCC1)C(Cc1ccccc1)N(Cc1cccc(Cl)c1)C(=O)CN(c1cccc(Br)c1)S(=O)(=O)c1ccccc1. The van der Waals surface area contributed by atoms with Crippen molar-refractivity contribution in [1.82, 2.24) is 10.2 Å². The van der Waals surface area contributed by atoms with Crippen molar-refractivity contribution in [3.05, 3.63) is 130 Å². The summed E-state index contributed by atoms with van der Waals surface area (Å²) >= 11 is 9.76.